The Morgan fingerprint density at radius 1 is 1.62 bits per heavy atom. The molecule has 66 valence electrons. The molecule has 0 N–H and O–H groups in total. The standard InChI is InChI=1S/C6H3ClN4OS/c7-5-4(1-12)13-6(10-5)11-3-8-2-9-11/h1-3H. The minimum atomic E-state index is 0.200. The maximum Gasteiger partial charge on any atom is 0.213 e. The SMILES string of the molecule is O=Cc1sc(-n2cncn2)nc1Cl. The van der Waals surface area contributed by atoms with Gasteiger partial charge in [-0.1, -0.05) is 22.9 Å². The summed E-state index contributed by atoms with van der Waals surface area (Å²) in [6, 6.07) is 0. The molecule has 13 heavy (non-hydrogen) atoms. The molecule has 0 radical (unpaired) electrons. The van der Waals surface area contributed by atoms with E-state index >= 15 is 0 Å². The van der Waals surface area contributed by atoms with E-state index in [2.05, 4.69) is 15.1 Å². The summed E-state index contributed by atoms with van der Waals surface area (Å²) in [5.41, 5.74) is 0. The van der Waals surface area contributed by atoms with Crippen LogP contribution in [0.25, 0.3) is 5.13 Å². The van der Waals surface area contributed by atoms with E-state index in [1.807, 2.05) is 0 Å². The topological polar surface area (TPSA) is 60.7 Å². The molecule has 0 amide bonds. The summed E-state index contributed by atoms with van der Waals surface area (Å²) < 4.78 is 1.45. The van der Waals surface area contributed by atoms with Gasteiger partial charge < -0.3 is 0 Å². The van der Waals surface area contributed by atoms with Crippen molar-refractivity contribution in [2.24, 2.45) is 0 Å². The highest BCUT2D eigenvalue weighted by Gasteiger charge is 2.09. The van der Waals surface area contributed by atoms with Crippen molar-refractivity contribution in [2.45, 2.75) is 0 Å². The quantitative estimate of drug-likeness (QED) is 0.705. The van der Waals surface area contributed by atoms with Gasteiger partial charge in [0, 0.05) is 0 Å². The monoisotopic (exact) mass is 214 g/mol. The lowest BCUT2D eigenvalue weighted by molar-refractivity contribution is 0.112. The molecule has 0 atom stereocenters. The lowest BCUT2D eigenvalue weighted by Crippen LogP contribution is -1.91. The predicted octanol–water partition coefficient (Wildman–Crippen LogP) is 1.19. The van der Waals surface area contributed by atoms with Crippen LogP contribution in [0.5, 0.6) is 0 Å². The Morgan fingerprint density at radius 2 is 2.46 bits per heavy atom. The van der Waals surface area contributed by atoms with E-state index in [9.17, 15) is 4.79 Å². The number of rotatable bonds is 2. The largest absolute Gasteiger partial charge is 0.297 e. The van der Waals surface area contributed by atoms with Crippen molar-refractivity contribution in [3.05, 3.63) is 22.7 Å². The summed E-state index contributed by atoms with van der Waals surface area (Å²) in [6.45, 7) is 0. The third-order valence-electron chi connectivity index (χ3n) is 1.32. The van der Waals surface area contributed by atoms with Crippen molar-refractivity contribution in [1.82, 2.24) is 19.7 Å². The average Bonchev–Trinajstić information content (AvgIpc) is 2.71. The van der Waals surface area contributed by atoms with Crippen LogP contribution in [0.4, 0.5) is 0 Å². The molecule has 0 bridgehead atoms. The zero-order valence-corrected chi connectivity index (χ0v) is 7.79. The molecule has 2 rings (SSSR count). The van der Waals surface area contributed by atoms with Gasteiger partial charge in [0.15, 0.2) is 11.4 Å². The fourth-order valence-corrected chi connectivity index (χ4v) is 1.77. The molecule has 2 heterocycles. The van der Waals surface area contributed by atoms with Gasteiger partial charge >= 0.3 is 0 Å². The van der Waals surface area contributed by atoms with E-state index in [0.717, 1.165) is 0 Å². The van der Waals surface area contributed by atoms with E-state index in [-0.39, 0.29) is 5.15 Å². The molecule has 0 saturated carbocycles. The first-order valence-corrected chi connectivity index (χ1v) is 4.47. The first-order valence-electron chi connectivity index (χ1n) is 3.28. The molecule has 0 aromatic carbocycles. The van der Waals surface area contributed by atoms with Crippen molar-refractivity contribution < 1.29 is 4.79 Å². The molecule has 7 heteroatoms. The smallest absolute Gasteiger partial charge is 0.213 e. The zero-order valence-electron chi connectivity index (χ0n) is 6.22. The molecule has 2 aromatic heterocycles. The van der Waals surface area contributed by atoms with Crippen LogP contribution in [0.1, 0.15) is 9.67 Å². The summed E-state index contributed by atoms with van der Waals surface area (Å²) in [7, 11) is 0. The lowest BCUT2D eigenvalue weighted by atomic mass is 10.6. The maximum absolute atomic E-state index is 10.5. The normalized spacial score (nSPS) is 10.2. The van der Waals surface area contributed by atoms with E-state index in [1.54, 1.807) is 0 Å². The Labute approximate surface area is 82.0 Å². The molecule has 0 aliphatic rings. The van der Waals surface area contributed by atoms with Gasteiger partial charge in [-0.15, -0.1) is 0 Å². The van der Waals surface area contributed by atoms with Gasteiger partial charge in [0.25, 0.3) is 0 Å². The van der Waals surface area contributed by atoms with Crippen LogP contribution in [-0.4, -0.2) is 26.0 Å². The molecule has 0 fully saturated rings. The fourth-order valence-electron chi connectivity index (χ4n) is 0.780. The predicted molar refractivity (Wildman–Crippen MR) is 47.4 cm³/mol. The maximum atomic E-state index is 10.5. The zero-order chi connectivity index (χ0) is 9.26. The Kier molecular flexibility index (Phi) is 2.07. The molecular weight excluding hydrogens is 212 g/mol. The molecule has 0 aliphatic carbocycles. The van der Waals surface area contributed by atoms with Crippen LogP contribution in [0.3, 0.4) is 0 Å². The van der Waals surface area contributed by atoms with Crippen LogP contribution in [0, 0.1) is 0 Å². The highest BCUT2D eigenvalue weighted by molar-refractivity contribution is 7.16. The Bertz CT molecular complexity index is 424. The third kappa shape index (κ3) is 1.45. The number of halogens is 1. The second kappa shape index (κ2) is 3.23. The van der Waals surface area contributed by atoms with Crippen LogP contribution >= 0.6 is 22.9 Å². The van der Waals surface area contributed by atoms with Crippen molar-refractivity contribution in [3.63, 3.8) is 0 Å². The van der Waals surface area contributed by atoms with Crippen LogP contribution in [0.15, 0.2) is 12.7 Å². The molecule has 2 aromatic rings. The van der Waals surface area contributed by atoms with Crippen molar-refractivity contribution in [3.8, 4) is 5.13 Å². The summed E-state index contributed by atoms with van der Waals surface area (Å²) in [6.07, 6.45) is 3.54. The number of nitrogens with zero attached hydrogens (tertiary/aromatic N) is 4. The van der Waals surface area contributed by atoms with Crippen molar-refractivity contribution in [2.75, 3.05) is 0 Å². The Balaban J connectivity index is 2.48. The summed E-state index contributed by atoms with van der Waals surface area (Å²) in [5, 5.41) is 4.59. The first kappa shape index (κ1) is 8.33. The van der Waals surface area contributed by atoms with Gasteiger partial charge in [0.05, 0.1) is 0 Å². The molecule has 0 unspecified atom stereocenters. The van der Waals surface area contributed by atoms with Gasteiger partial charge in [-0.3, -0.25) is 4.79 Å². The van der Waals surface area contributed by atoms with Gasteiger partial charge in [-0.25, -0.2) is 9.97 Å². The lowest BCUT2D eigenvalue weighted by Gasteiger charge is -1.88. The second-order valence-corrected chi connectivity index (χ2v) is 3.48. The van der Waals surface area contributed by atoms with Gasteiger partial charge in [0.1, 0.15) is 17.5 Å². The van der Waals surface area contributed by atoms with Gasteiger partial charge in [0.2, 0.25) is 5.13 Å². The van der Waals surface area contributed by atoms with Crippen LogP contribution in [0.2, 0.25) is 5.15 Å². The van der Waals surface area contributed by atoms with Crippen molar-refractivity contribution >= 4 is 29.2 Å². The van der Waals surface area contributed by atoms with Gasteiger partial charge in [-0.2, -0.15) is 9.78 Å². The minimum absolute atomic E-state index is 0.200. The number of hydrogen-bond donors (Lipinski definition) is 0. The highest BCUT2D eigenvalue weighted by atomic mass is 35.5. The van der Waals surface area contributed by atoms with Gasteiger partial charge in [-0.05, 0) is 0 Å². The second-order valence-electron chi connectivity index (χ2n) is 2.11. The van der Waals surface area contributed by atoms with E-state index in [0.29, 0.717) is 16.3 Å². The van der Waals surface area contributed by atoms with E-state index < -0.39 is 0 Å². The Morgan fingerprint density at radius 3 is 3.00 bits per heavy atom. The fraction of sp³-hybridized carbons (Fsp3) is 0. The molecule has 0 aliphatic heterocycles. The third-order valence-corrected chi connectivity index (χ3v) is 2.69. The van der Waals surface area contributed by atoms with Crippen LogP contribution < -0.4 is 0 Å². The Hall–Kier alpha value is -1.27. The number of carbonyl (C=O) groups is 1. The summed E-state index contributed by atoms with van der Waals surface area (Å²) in [4.78, 5) is 18.5. The molecular formula is C6H3ClN4OS. The number of aromatic nitrogens is 4. The number of hydrogen-bond acceptors (Lipinski definition) is 5. The van der Waals surface area contributed by atoms with Crippen molar-refractivity contribution in [1.29, 1.82) is 0 Å². The van der Waals surface area contributed by atoms with E-state index in [4.69, 9.17) is 11.6 Å². The number of carbonyl (C=O) groups excluding carboxylic acids is 1. The summed E-state index contributed by atoms with van der Waals surface area (Å²) in [5.74, 6) is 0. The van der Waals surface area contributed by atoms with E-state index in [1.165, 1.54) is 28.7 Å². The molecule has 0 spiro atoms. The highest BCUT2D eigenvalue weighted by Crippen LogP contribution is 2.22. The average molecular weight is 215 g/mol. The number of aldehydes is 1. The first-order chi connectivity index (χ1) is 6.31. The molecule has 0 saturated heterocycles. The summed E-state index contributed by atoms with van der Waals surface area (Å²) >= 11 is 6.84. The minimum Gasteiger partial charge on any atom is -0.297 e. The van der Waals surface area contributed by atoms with Crippen LogP contribution in [-0.2, 0) is 0 Å². The number of thiazole rings is 1. The molecule has 5 nitrogen and oxygen atoms in total.